The third kappa shape index (κ3) is 3.04. The molecule has 2 N–H and O–H groups in total. The normalized spacial score (nSPS) is 31.6. The van der Waals surface area contributed by atoms with E-state index >= 15 is 0 Å². The average Bonchev–Trinajstić information content (AvgIpc) is 2.52. The second-order valence-electron chi connectivity index (χ2n) is 6.54. The number of rotatable bonds is 5. The van der Waals surface area contributed by atoms with Gasteiger partial charge in [-0.15, -0.1) is 0 Å². The van der Waals surface area contributed by atoms with Crippen LogP contribution in [0.4, 0.5) is 4.79 Å². The Morgan fingerprint density at radius 2 is 2.14 bits per heavy atom. The molecule has 3 atom stereocenters. The van der Waals surface area contributed by atoms with Crippen LogP contribution in [-0.2, 0) is 4.74 Å². The van der Waals surface area contributed by atoms with E-state index in [9.17, 15) is 9.90 Å². The number of aliphatic hydroxyl groups excluding tert-OH is 1. The fraction of sp³-hybridized carbons (Fsp3) is 0.938. The molecule has 2 aliphatic rings. The summed E-state index contributed by atoms with van der Waals surface area (Å²) in [6.07, 6.45) is 5.20. The van der Waals surface area contributed by atoms with E-state index in [4.69, 9.17) is 4.74 Å². The van der Waals surface area contributed by atoms with Crippen LogP contribution in [0.5, 0.6) is 0 Å². The van der Waals surface area contributed by atoms with Crippen LogP contribution in [-0.4, -0.2) is 55.0 Å². The molecule has 1 heterocycles. The van der Waals surface area contributed by atoms with Gasteiger partial charge < -0.3 is 20.1 Å². The fourth-order valence-electron chi connectivity index (χ4n) is 4.12. The Morgan fingerprint density at radius 3 is 2.71 bits per heavy atom. The van der Waals surface area contributed by atoms with Crippen molar-refractivity contribution in [3.8, 4) is 0 Å². The Bertz CT molecular complexity index is 357. The minimum Gasteiger partial charge on any atom is -0.396 e. The Morgan fingerprint density at radius 1 is 1.43 bits per heavy atom. The minimum absolute atomic E-state index is 0.0268. The van der Waals surface area contributed by atoms with Crippen molar-refractivity contribution in [3.05, 3.63) is 0 Å². The first-order valence-corrected chi connectivity index (χ1v) is 8.30. The number of likely N-dealkylation sites (tertiary alicyclic amines) is 1. The summed E-state index contributed by atoms with van der Waals surface area (Å²) < 4.78 is 5.58. The van der Waals surface area contributed by atoms with Gasteiger partial charge in [-0.3, -0.25) is 0 Å². The van der Waals surface area contributed by atoms with Crippen molar-refractivity contribution in [3.63, 3.8) is 0 Å². The van der Waals surface area contributed by atoms with E-state index in [2.05, 4.69) is 19.2 Å². The molecule has 1 saturated heterocycles. The summed E-state index contributed by atoms with van der Waals surface area (Å²) in [6, 6.07) is 0.235. The van der Waals surface area contributed by atoms with Gasteiger partial charge in [0.25, 0.3) is 0 Å². The number of carbonyl (C=O) groups excluding carboxylic acids is 1. The molecule has 5 heteroatoms. The zero-order valence-electron chi connectivity index (χ0n) is 13.6. The first-order valence-electron chi connectivity index (χ1n) is 8.30. The van der Waals surface area contributed by atoms with Crippen molar-refractivity contribution in [2.45, 2.75) is 58.1 Å². The summed E-state index contributed by atoms with van der Waals surface area (Å²) in [5.41, 5.74) is 0.0799. The maximum absolute atomic E-state index is 12.5. The molecule has 0 aromatic heterocycles. The van der Waals surface area contributed by atoms with Crippen molar-refractivity contribution in [1.82, 2.24) is 10.2 Å². The number of carbonyl (C=O) groups is 1. The van der Waals surface area contributed by atoms with Gasteiger partial charge in [-0.05, 0) is 38.0 Å². The molecule has 5 nitrogen and oxygen atoms in total. The van der Waals surface area contributed by atoms with E-state index < -0.39 is 0 Å². The number of urea groups is 1. The predicted molar refractivity (Wildman–Crippen MR) is 82.1 cm³/mol. The van der Waals surface area contributed by atoms with Gasteiger partial charge in [-0.2, -0.15) is 0 Å². The first-order chi connectivity index (χ1) is 10.1. The molecular formula is C16H30N2O3. The molecule has 0 spiro atoms. The first kappa shape index (κ1) is 16.6. The van der Waals surface area contributed by atoms with E-state index in [0.29, 0.717) is 6.54 Å². The molecular weight excluding hydrogens is 268 g/mol. The topological polar surface area (TPSA) is 61.8 Å². The number of methoxy groups -OCH3 is 1. The van der Waals surface area contributed by atoms with Gasteiger partial charge in [0.15, 0.2) is 0 Å². The summed E-state index contributed by atoms with van der Waals surface area (Å²) >= 11 is 0. The van der Waals surface area contributed by atoms with E-state index in [1.54, 1.807) is 7.11 Å². The minimum atomic E-state index is 0.0268. The summed E-state index contributed by atoms with van der Waals surface area (Å²) in [6.45, 7) is 6.00. The molecule has 1 saturated carbocycles. The molecule has 1 aliphatic carbocycles. The highest BCUT2D eigenvalue weighted by atomic mass is 16.5. The van der Waals surface area contributed by atoms with Gasteiger partial charge in [0.1, 0.15) is 0 Å². The Hall–Kier alpha value is -0.810. The molecule has 1 aliphatic heterocycles. The Kier molecular flexibility index (Phi) is 5.49. The number of aliphatic hydroxyl groups is 1. The van der Waals surface area contributed by atoms with Gasteiger partial charge in [-0.1, -0.05) is 13.8 Å². The SMILES string of the molecule is CCC1(CC)[C@H](NC(=O)N2CCC[C@H](CO)C2)C[C@H]1OC. The standard InChI is InChI=1S/C16H30N2O3/c1-4-16(5-2)13(9-14(16)21-3)17-15(20)18-8-6-7-12(10-18)11-19/h12-14,19H,4-11H2,1-3H3,(H,17,20)/t12-,13+,14+/m0/s1. The third-order valence-electron chi connectivity index (χ3n) is 5.75. The molecule has 2 fully saturated rings. The number of hydrogen-bond acceptors (Lipinski definition) is 3. The van der Waals surface area contributed by atoms with E-state index in [-0.39, 0.29) is 36.1 Å². The van der Waals surface area contributed by atoms with Gasteiger partial charge in [-0.25, -0.2) is 4.79 Å². The van der Waals surface area contributed by atoms with Gasteiger partial charge >= 0.3 is 6.03 Å². The van der Waals surface area contributed by atoms with Crippen LogP contribution >= 0.6 is 0 Å². The van der Waals surface area contributed by atoms with Crippen LogP contribution in [0.3, 0.4) is 0 Å². The second kappa shape index (κ2) is 6.97. The number of nitrogens with zero attached hydrogens (tertiary/aromatic N) is 1. The second-order valence-corrected chi connectivity index (χ2v) is 6.54. The van der Waals surface area contributed by atoms with Crippen LogP contribution in [0.1, 0.15) is 46.0 Å². The third-order valence-corrected chi connectivity index (χ3v) is 5.75. The highest BCUT2D eigenvalue weighted by molar-refractivity contribution is 5.75. The van der Waals surface area contributed by atoms with Crippen LogP contribution in [0, 0.1) is 11.3 Å². The molecule has 0 bridgehead atoms. The lowest BCUT2D eigenvalue weighted by molar-refractivity contribution is -0.120. The van der Waals surface area contributed by atoms with Crippen molar-refractivity contribution in [2.75, 3.05) is 26.8 Å². The van der Waals surface area contributed by atoms with Crippen molar-refractivity contribution in [2.24, 2.45) is 11.3 Å². The summed E-state index contributed by atoms with van der Waals surface area (Å²) in [4.78, 5) is 14.3. The smallest absolute Gasteiger partial charge is 0.317 e. The van der Waals surface area contributed by atoms with Crippen LogP contribution in [0.2, 0.25) is 0 Å². The zero-order valence-corrected chi connectivity index (χ0v) is 13.6. The number of nitrogens with one attached hydrogen (secondary N) is 1. The molecule has 2 amide bonds. The fourth-order valence-corrected chi connectivity index (χ4v) is 4.12. The maximum Gasteiger partial charge on any atom is 0.317 e. The van der Waals surface area contributed by atoms with Crippen LogP contribution < -0.4 is 5.32 Å². The van der Waals surface area contributed by atoms with Crippen LogP contribution in [0.15, 0.2) is 0 Å². The largest absolute Gasteiger partial charge is 0.396 e. The predicted octanol–water partition coefficient (Wildman–Crippen LogP) is 1.99. The van der Waals surface area contributed by atoms with Gasteiger partial charge in [0.2, 0.25) is 0 Å². The number of ether oxygens (including phenoxy) is 1. The van der Waals surface area contributed by atoms with E-state index in [1.165, 1.54) is 0 Å². The Balaban J connectivity index is 1.93. The average molecular weight is 298 g/mol. The maximum atomic E-state index is 12.5. The lowest BCUT2D eigenvalue weighted by Crippen LogP contribution is -2.65. The molecule has 0 radical (unpaired) electrons. The lowest BCUT2D eigenvalue weighted by atomic mass is 9.58. The zero-order chi connectivity index (χ0) is 15.5. The summed E-state index contributed by atoms with van der Waals surface area (Å²) in [5, 5.41) is 12.5. The quantitative estimate of drug-likeness (QED) is 0.816. The monoisotopic (exact) mass is 298 g/mol. The molecule has 2 rings (SSSR count). The molecule has 0 aromatic carbocycles. The highest BCUT2D eigenvalue weighted by Gasteiger charge is 2.53. The van der Waals surface area contributed by atoms with Gasteiger partial charge in [0, 0.05) is 38.3 Å². The number of amides is 2. The van der Waals surface area contributed by atoms with Crippen molar-refractivity contribution < 1.29 is 14.6 Å². The van der Waals surface area contributed by atoms with E-state index in [0.717, 1.165) is 38.6 Å². The summed E-state index contributed by atoms with van der Waals surface area (Å²) in [7, 11) is 1.76. The lowest BCUT2D eigenvalue weighted by Gasteiger charge is -2.55. The van der Waals surface area contributed by atoms with E-state index in [1.807, 2.05) is 4.90 Å². The van der Waals surface area contributed by atoms with Gasteiger partial charge in [0.05, 0.1) is 6.10 Å². The molecule has 122 valence electrons. The summed E-state index contributed by atoms with van der Waals surface area (Å²) in [5.74, 6) is 0.236. The molecule has 0 aromatic rings. The van der Waals surface area contributed by atoms with Crippen LogP contribution in [0.25, 0.3) is 0 Å². The number of hydrogen-bond donors (Lipinski definition) is 2. The number of piperidine rings is 1. The molecule has 0 unspecified atom stereocenters. The van der Waals surface area contributed by atoms with Crippen molar-refractivity contribution >= 4 is 6.03 Å². The Labute approximate surface area is 128 Å². The molecule has 21 heavy (non-hydrogen) atoms. The van der Waals surface area contributed by atoms with Crippen molar-refractivity contribution in [1.29, 1.82) is 0 Å². The highest BCUT2D eigenvalue weighted by Crippen LogP contribution is 2.48.